The van der Waals surface area contributed by atoms with Crippen molar-refractivity contribution in [2.75, 3.05) is 6.61 Å². The van der Waals surface area contributed by atoms with E-state index in [2.05, 4.69) is 9.97 Å². The number of nitrogens with zero attached hydrogens (tertiary/aromatic N) is 2. The molecule has 0 radical (unpaired) electrons. The summed E-state index contributed by atoms with van der Waals surface area (Å²) in [5, 5.41) is 0. The summed E-state index contributed by atoms with van der Waals surface area (Å²) in [5.74, 6) is 0.273. The summed E-state index contributed by atoms with van der Waals surface area (Å²) in [6, 6.07) is 6.73. The summed E-state index contributed by atoms with van der Waals surface area (Å²) < 4.78 is 10.4. The molecular formula is C13H12N2O3. The normalized spacial score (nSPS) is 9.83. The minimum absolute atomic E-state index is 0.212. The van der Waals surface area contributed by atoms with Crippen molar-refractivity contribution in [2.24, 2.45) is 0 Å². The Hall–Kier alpha value is -2.43. The molecule has 0 spiro atoms. The largest absolute Gasteiger partial charge is 0.462 e. The maximum atomic E-state index is 11.7. The van der Waals surface area contributed by atoms with Gasteiger partial charge in [0.15, 0.2) is 0 Å². The van der Waals surface area contributed by atoms with Crippen LogP contribution in [0.3, 0.4) is 0 Å². The number of hydrogen-bond acceptors (Lipinski definition) is 5. The smallest absolute Gasteiger partial charge is 0.343 e. The van der Waals surface area contributed by atoms with Crippen LogP contribution in [0.2, 0.25) is 0 Å². The Balaban J connectivity index is 2.25. The van der Waals surface area contributed by atoms with Crippen LogP contribution in [0, 0.1) is 0 Å². The van der Waals surface area contributed by atoms with E-state index < -0.39 is 5.97 Å². The first kappa shape index (κ1) is 12.0. The van der Waals surface area contributed by atoms with Crippen LogP contribution in [0.5, 0.6) is 11.6 Å². The lowest BCUT2D eigenvalue weighted by Crippen LogP contribution is -2.07. The van der Waals surface area contributed by atoms with Gasteiger partial charge in [-0.25, -0.2) is 9.78 Å². The maximum absolute atomic E-state index is 11.7. The van der Waals surface area contributed by atoms with Gasteiger partial charge in [-0.1, -0.05) is 0 Å². The van der Waals surface area contributed by atoms with E-state index in [9.17, 15) is 4.79 Å². The van der Waals surface area contributed by atoms with Crippen LogP contribution in [0.25, 0.3) is 0 Å². The molecule has 2 heterocycles. The average Bonchev–Trinajstić information content (AvgIpc) is 2.41. The first-order chi connectivity index (χ1) is 8.81. The summed E-state index contributed by atoms with van der Waals surface area (Å²) >= 11 is 0. The number of ether oxygens (including phenoxy) is 2. The van der Waals surface area contributed by atoms with Gasteiger partial charge in [-0.3, -0.25) is 4.98 Å². The van der Waals surface area contributed by atoms with Crippen molar-refractivity contribution in [3.8, 4) is 11.6 Å². The Bertz CT molecular complexity index is 529. The van der Waals surface area contributed by atoms with Crippen molar-refractivity contribution < 1.29 is 14.3 Å². The third-order valence-corrected chi connectivity index (χ3v) is 2.12. The van der Waals surface area contributed by atoms with Gasteiger partial charge in [0.1, 0.15) is 11.3 Å². The van der Waals surface area contributed by atoms with Crippen molar-refractivity contribution in [3.63, 3.8) is 0 Å². The van der Waals surface area contributed by atoms with E-state index in [1.165, 1.54) is 0 Å². The van der Waals surface area contributed by atoms with E-state index in [0.717, 1.165) is 0 Å². The lowest BCUT2D eigenvalue weighted by molar-refractivity contribution is 0.0522. The molecule has 0 N–H and O–H groups in total. The highest BCUT2D eigenvalue weighted by Crippen LogP contribution is 2.22. The molecule has 0 fully saturated rings. The molecule has 5 heteroatoms. The summed E-state index contributed by atoms with van der Waals surface area (Å²) in [7, 11) is 0. The fraction of sp³-hybridized carbons (Fsp3) is 0.154. The summed E-state index contributed by atoms with van der Waals surface area (Å²) in [6.45, 7) is 2.05. The zero-order valence-electron chi connectivity index (χ0n) is 9.87. The average molecular weight is 244 g/mol. The van der Waals surface area contributed by atoms with Gasteiger partial charge in [-0.05, 0) is 31.2 Å². The van der Waals surface area contributed by atoms with Crippen molar-refractivity contribution in [2.45, 2.75) is 6.92 Å². The minimum Gasteiger partial charge on any atom is -0.462 e. The van der Waals surface area contributed by atoms with Crippen molar-refractivity contribution in [1.29, 1.82) is 0 Å². The van der Waals surface area contributed by atoms with Gasteiger partial charge in [0.25, 0.3) is 0 Å². The minimum atomic E-state index is -0.454. The third-order valence-electron chi connectivity index (χ3n) is 2.12. The SMILES string of the molecule is CCOC(=O)c1cccnc1Oc1cccnc1. The van der Waals surface area contributed by atoms with Gasteiger partial charge in [0.05, 0.1) is 12.8 Å². The van der Waals surface area contributed by atoms with E-state index in [1.54, 1.807) is 49.8 Å². The molecule has 5 nitrogen and oxygen atoms in total. The summed E-state index contributed by atoms with van der Waals surface area (Å²) in [5.41, 5.74) is 0.295. The van der Waals surface area contributed by atoms with Gasteiger partial charge < -0.3 is 9.47 Å². The van der Waals surface area contributed by atoms with Gasteiger partial charge in [0, 0.05) is 12.4 Å². The Morgan fingerprint density at radius 1 is 1.28 bits per heavy atom. The highest BCUT2D eigenvalue weighted by atomic mass is 16.5. The first-order valence-corrected chi connectivity index (χ1v) is 5.51. The van der Waals surface area contributed by atoms with Crippen LogP contribution >= 0.6 is 0 Å². The Kier molecular flexibility index (Phi) is 3.86. The number of esters is 1. The number of aromatic nitrogens is 2. The molecule has 0 aliphatic rings. The van der Waals surface area contributed by atoms with Gasteiger partial charge in [0.2, 0.25) is 5.88 Å². The van der Waals surface area contributed by atoms with Crippen LogP contribution < -0.4 is 4.74 Å². The second-order valence-corrected chi connectivity index (χ2v) is 3.37. The van der Waals surface area contributed by atoms with E-state index >= 15 is 0 Å². The van der Waals surface area contributed by atoms with Gasteiger partial charge >= 0.3 is 5.97 Å². The van der Waals surface area contributed by atoms with Crippen molar-refractivity contribution in [1.82, 2.24) is 9.97 Å². The molecule has 0 atom stereocenters. The Morgan fingerprint density at radius 2 is 2.11 bits per heavy atom. The van der Waals surface area contributed by atoms with Crippen LogP contribution in [0.15, 0.2) is 42.9 Å². The van der Waals surface area contributed by atoms with Crippen molar-refractivity contribution in [3.05, 3.63) is 48.4 Å². The van der Waals surface area contributed by atoms with Crippen LogP contribution in [0.4, 0.5) is 0 Å². The summed E-state index contributed by atoms with van der Waals surface area (Å²) in [4.78, 5) is 19.6. The maximum Gasteiger partial charge on any atom is 0.343 e. The predicted octanol–water partition coefficient (Wildman–Crippen LogP) is 2.45. The lowest BCUT2D eigenvalue weighted by Gasteiger charge is -2.08. The molecule has 0 unspecified atom stereocenters. The highest BCUT2D eigenvalue weighted by molar-refractivity contribution is 5.91. The fourth-order valence-electron chi connectivity index (χ4n) is 1.36. The Labute approximate surface area is 104 Å². The van der Waals surface area contributed by atoms with E-state index in [-0.39, 0.29) is 5.88 Å². The number of pyridine rings is 2. The molecule has 18 heavy (non-hydrogen) atoms. The zero-order valence-corrected chi connectivity index (χ0v) is 9.87. The highest BCUT2D eigenvalue weighted by Gasteiger charge is 2.14. The predicted molar refractivity (Wildman–Crippen MR) is 64.5 cm³/mol. The number of rotatable bonds is 4. The summed E-state index contributed by atoms with van der Waals surface area (Å²) in [6.07, 6.45) is 4.73. The molecule has 2 aromatic heterocycles. The molecule has 0 aliphatic carbocycles. The standard InChI is InChI=1S/C13H12N2O3/c1-2-17-13(16)11-6-4-8-15-12(11)18-10-5-3-7-14-9-10/h3-9H,2H2,1H3. The number of hydrogen-bond donors (Lipinski definition) is 0. The molecule has 0 bridgehead atoms. The van der Waals surface area contributed by atoms with Crippen LogP contribution in [0.1, 0.15) is 17.3 Å². The molecule has 0 amide bonds. The molecule has 0 saturated carbocycles. The number of carbonyl (C=O) groups excluding carboxylic acids is 1. The van der Waals surface area contributed by atoms with Gasteiger partial charge in [-0.2, -0.15) is 0 Å². The van der Waals surface area contributed by atoms with Crippen molar-refractivity contribution >= 4 is 5.97 Å². The fourth-order valence-corrected chi connectivity index (χ4v) is 1.36. The molecule has 0 aliphatic heterocycles. The second kappa shape index (κ2) is 5.77. The quantitative estimate of drug-likeness (QED) is 0.773. The van der Waals surface area contributed by atoms with E-state index in [0.29, 0.717) is 17.9 Å². The van der Waals surface area contributed by atoms with E-state index in [4.69, 9.17) is 9.47 Å². The van der Waals surface area contributed by atoms with Gasteiger partial charge in [-0.15, -0.1) is 0 Å². The third kappa shape index (κ3) is 2.82. The second-order valence-electron chi connectivity index (χ2n) is 3.37. The topological polar surface area (TPSA) is 61.3 Å². The zero-order chi connectivity index (χ0) is 12.8. The lowest BCUT2D eigenvalue weighted by atomic mass is 10.3. The monoisotopic (exact) mass is 244 g/mol. The molecular weight excluding hydrogens is 232 g/mol. The molecule has 92 valence electrons. The molecule has 0 aromatic carbocycles. The molecule has 0 saturated heterocycles. The van der Waals surface area contributed by atoms with E-state index in [1.807, 2.05) is 0 Å². The van der Waals surface area contributed by atoms with Crippen LogP contribution in [-0.4, -0.2) is 22.5 Å². The number of carbonyl (C=O) groups is 1. The molecule has 2 rings (SSSR count). The Morgan fingerprint density at radius 3 is 2.83 bits per heavy atom. The first-order valence-electron chi connectivity index (χ1n) is 5.51. The van der Waals surface area contributed by atoms with Crippen LogP contribution in [-0.2, 0) is 4.74 Å². The molecule has 2 aromatic rings.